The first-order valence-corrected chi connectivity index (χ1v) is 10.9. The number of alkyl halides is 4. The summed E-state index contributed by atoms with van der Waals surface area (Å²) < 4.78 is 56.0. The van der Waals surface area contributed by atoms with Crippen molar-refractivity contribution in [2.45, 2.75) is 44.7 Å². The topological polar surface area (TPSA) is 82.5 Å². The Kier molecular flexibility index (Phi) is 6.81. The Morgan fingerprint density at radius 1 is 1.03 bits per heavy atom. The molecule has 10 heteroatoms. The third kappa shape index (κ3) is 4.87. The van der Waals surface area contributed by atoms with Crippen LogP contribution in [0.3, 0.4) is 0 Å². The minimum atomic E-state index is -5.01. The van der Waals surface area contributed by atoms with E-state index >= 15 is 0 Å². The van der Waals surface area contributed by atoms with Crippen molar-refractivity contribution < 1.29 is 22.4 Å². The molecule has 1 atom stereocenters. The summed E-state index contributed by atoms with van der Waals surface area (Å²) in [6.07, 6.45) is -1.86. The highest BCUT2D eigenvalue weighted by atomic mass is 19.4. The van der Waals surface area contributed by atoms with Gasteiger partial charge in [-0.1, -0.05) is 48.5 Å². The second kappa shape index (κ2) is 9.81. The van der Waals surface area contributed by atoms with Crippen LogP contribution >= 0.6 is 0 Å². The van der Waals surface area contributed by atoms with Gasteiger partial charge in [0, 0.05) is 24.2 Å². The maximum atomic E-state index is 14.3. The van der Waals surface area contributed by atoms with Gasteiger partial charge < -0.3 is 5.32 Å². The number of amides is 1. The molecule has 6 nitrogen and oxygen atoms in total. The lowest BCUT2D eigenvalue weighted by Gasteiger charge is -2.29. The van der Waals surface area contributed by atoms with Crippen molar-refractivity contribution in [2.75, 3.05) is 0 Å². The van der Waals surface area contributed by atoms with Crippen molar-refractivity contribution in [1.29, 1.82) is 0 Å². The van der Waals surface area contributed by atoms with E-state index in [4.69, 9.17) is 0 Å². The third-order valence-electron chi connectivity index (χ3n) is 6.06. The SMILES string of the molecule is Cc1cn[nH]c1Cc1ccc(CC2=CN=NC2(C(=O)NCc2ccccc2CF)C(F)(F)F)cc1. The van der Waals surface area contributed by atoms with Crippen molar-refractivity contribution >= 4 is 5.91 Å². The van der Waals surface area contributed by atoms with Crippen molar-refractivity contribution in [3.63, 3.8) is 0 Å². The summed E-state index contributed by atoms with van der Waals surface area (Å²) in [5.41, 5.74) is 0.786. The number of hydrogen-bond acceptors (Lipinski definition) is 4. The van der Waals surface area contributed by atoms with E-state index in [9.17, 15) is 22.4 Å². The fourth-order valence-corrected chi connectivity index (χ4v) is 3.99. The lowest BCUT2D eigenvalue weighted by atomic mass is 9.85. The average Bonchev–Trinajstić information content (AvgIpc) is 3.45. The Morgan fingerprint density at radius 2 is 1.69 bits per heavy atom. The highest BCUT2D eigenvalue weighted by molar-refractivity contribution is 5.91. The van der Waals surface area contributed by atoms with Gasteiger partial charge in [-0.3, -0.25) is 9.89 Å². The van der Waals surface area contributed by atoms with Crippen molar-refractivity contribution in [3.8, 4) is 0 Å². The molecular formula is C25H23F4N5O. The Balaban J connectivity index is 1.52. The van der Waals surface area contributed by atoms with Crippen LogP contribution in [0.1, 0.15) is 33.5 Å². The van der Waals surface area contributed by atoms with Gasteiger partial charge in [-0.25, -0.2) is 4.39 Å². The van der Waals surface area contributed by atoms with E-state index in [1.165, 1.54) is 6.07 Å². The van der Waals surface area contributed by atoms with E-state index in [0.29, 0.717) is 23.1 Å². The fourth-order valence-electron chi connectivity index (χ4n) is 3.99. The molecule has 1 aliphatic rings. The first-order valence-electron chi connectivity index (χ1n) is 10.9. The highest BCUT2D eigenvalue weighted by Crippen LogP contribution is 2.44. The van der Waals surface area contributed by atoms with Gasteiger partial charge in [-0.2, -0.15) is 28.5 Å². The van der Waals surface area contributed by atoms with Crippen LogP contribution in [-0.2, 0) is 30.9 Å². The van der Waals surface area contributed by atoms with Gasteiger partial charge in [0.25, 0.3) is 11.4 Å². The summed E-state index contributed by atoms with van der Waals surface area (Å²) >= 11 is 0. The Morgan fingerprint density at radius 3 is 2.29 bits per heavy atom. The molecule has 35 heavy (non-hydrogen) atoms. The van der Waals surface area contributed by atoms with Crippen LogP contribution in [0.15, 0.2) is 76.7 Å². The van der Waals surface area contributed by atoms with Crippen LogP contribution in [-0.4, -0.2) is 27.8 Å². The summed E-state index contributed by atoms with van der Waals surface area (Å²) in [4.78, 5) is 12.9. The summed E-state index contributed by atoms with van der Waals surface area (Å²) in [6, 6.07) is 13.4. The normalized spacial score (nSPS) is 17.5. The van der Waals surface area contributed by atoms with Crippen LogP contribution in [0.25, 0.3) is 0 Å². The predicted octanol–water partition coefficient (Wildman–Crippen LogP) is 5.29. The molecule has 1 amide bonds. The molecule has 0 radical (unpaired) electrons. The number of nitrogens with one attached hydrogen (secondary N) is 2. The quantitative estimate of drug-likeness (QED) is 0.425. The van der Waals surface area contributed by atoms with E-state index in [2.05, 4.69) is 25.7 Å². The van der Waals surface area contributed by atoms with E-state index in [1.807, 2.05) is 19.1 Å². The molecule has 0 aliphatic carbocycles. The summed E-state index contributed by atoms with van der Waals surface area (Å²) in [6.45, 7) is 0.878. The van der Waals surface area contributed by atoms with Crippen LogP contribution in [0.4, 0.5) is 17.6 Å². The number of halogens is 4. The number of nitrogens with zero attached hydrogens (tertiary/aromatic N) is 3. The molecule has 3 aromatic rings. The highest BCUT2D eigenvalue weighted by Gasteiger charge is 2.65. The van der Waals surface area contributed by atoms with E-state index in [1.54, 1.807) is 36.5 Å². The molecule has 182 valence electrons. The van der Waals surface area contributed by atoms with Crippen LogP contribution in [0, 0.1) is 6.92 Å². The molecule has 0 saturated carbocycles. The fraction of sp³-hybridized carbons (Fsp3) is 0.280. The number of azo groups is 1. The molecule has 0 spiro atoms. The second-order valence-corrected chi connectivity index (χ2v) is 8.36. The van der Waals surface area contributed by atoms with Crippen molar-refractivity contribution in [3.05, 3.63) is 100 Å². The minimum absolute atomic E-state index is 0.162. The Labute approximate surface area is 199 Å². The number of benzene rings is 2. The summed E-state index contributed by atoms with van der Waals surface area (Å²) in [5, 5.41) is 16.0. The molecule has 2 heterocycles. The molecule has 1 unspecified atom stereocenters. The minimum Gasteiger partial charge on any atom is -0.349 e. The largest absolute Gasteiger partial charge is 0.428 e. The number of H-pyrrole nitrogens is 1. The van der Waals surface area contributed by atoms with Gasteiger partial charge in [0.1, 0.15) is 6.67 Å². The standard InChI is InChI=1S/C25H23F4N5O/c1-16-13-31-33-22(16)11-18-8-6-17(7-9-18)10-21-15-32-34-24(21,25(27,28)29)23(35)30-14-20-5-3-2-4-19(20)12-26/h2-9,13,15H,10-12,14H2,1H3,(H,30,35)(H,31,33). The van der Waals surface area contributed by atoms with Gasteiger partial charge >= 0.3 is 6.18 Å². The monoisotopic (exact) mass is 485 g/mol. The average molecular weight is 485 g/mol. The second-order valence-electron chi connectivity index (χ2n) is 8.36. The number of rotatable bonds is 8. The molecular weight excluding hydrogens is 462 g/mol. The van der Waals surface area contributed by atoms with Gasteiger partial charge in [0.05, 0.1) is 12.4 Å². The summed E-state index contributed by atoms with van der Waals surface area (Å²) in [5.74, 6) is -1.35. The molecule has 2 N–H and O–H groups in total. The number of hydrogen-bond donors (Lipinski definition) is 2. The molecule has 0 bridgehead atoms. The van der Waals surface area contributed by atoms with Crippen molar-refractivity contribution in [1.82, 2.24) is 15.5 Å². The number of carbonyl (C=O) groups excluding carboxylic acids is 1. The maximum absolute atomic E-state index is 14.3. The number of carbonyl (C=O) groups is 1. The summed E-state index contributed by atoms with van der Waals surface area (Å²) in [7, 11) is 0. The smallest absolute Gasteiger partial charge is 0.349 e. The molecule has 1 aliphatic heterocycles. The maximum Gasteiger partial charge on any atom is 0.428 e. The molecule has 1 aromatic heterocycles. The van der Waals surface area contributed by atoms with Gasteiger partial charge in [0.15, 0.2) is 0 Å². The van der Waals surface area contributed by atoms with E-state index in [-0.39, 0.29) is 18.5 Å². The van der Waals surface area contributed by atoms with Gasteiger partial charge in [-0.15, -0.1) is 0 Å². The van der Waals surface area contributed by atoms with E-state index in [0.717, 1.165) is 23.0 Å². The lowest BCUT2D eigenvalue weighted by Crippen LogP contribution is -2.56. The molecule has 0 fully saturated rings. The number of aryl methyl sites for hydroxylation is 1. The Bertz CT molecular complexity index is 1260. The number of aromatic nitrogens is 2. The van der Waals surface area contributed by atoms with Crippen LogP contribution in [0.2, 0.25) is 0 Å². The zero-order valence-corrected chi connectivity index (χ0v) is 18.9. The lowest BCUT2D eigenvalue weighted by molar-refractivity contribution is -0.182. The van der Waals surface area contributed by atoms with Crippen LogP contribution < -0.4 is 5.32 Å². The number of aromatic amines is 1. The van der Waals surface area contributed by atoms with E-state index < -0.39 is 24.3 Å². The first kappa shape index (κ1) is 24.3. The zero-order valence-electron chi connectivity index (χ0n) is 18.9. The third-order valence-corrected chi connectivity index (χ3v) is 6.06. The van der Waals surface area contributed by atoms with Gasteiger partial charge in [-0.05, 0) is 41.2 Å². The predicted molar refractivity (Wildman–Crippen MR) is 121 cm³/mol. The first-order chi connectivity index (χ1) is 16.7. The zero-order chi connectivity index (χ0) is 25.1. The van der Waals surface area contributed by atoms with Crippen molar-refractivity contribution in [2.24, 2.45) is 10.2 Å². The molecule has 2 aromatic carbocycles. The van der Waals surface area contributed by atoms with Crippen LogP contribution in [0.5, 0.6) is 0 Å². The molecule has 4 rings (SSSR count). The molecule has 0 saturated heterocycles. The van der Waals surface area contributed by atoms with Gasteiger partial charge in [0.2, 0.25) is 0 Å². The Hall–Kier alpha value is -3.82.